The predicted octanol–water partition coefficient (Wildman–Crippen LogP) is 5.04. The third kappa shape index (κ3) is 2.84. The van der Waals surface area contributed by atoms with E-state index in [1.54, 1.807) is 6.20 Å². The summed E-state index contributed by atoms with van der Waals surface area (Å²) in [4.78, 5) is 4.30. The number of allylic oxidation sites excluding steroid dienone is 1. The molecule has 0 amide bonds. The number of pyridine rings is 1. The van der Waals surface area contributed by atoms with Crippen LogP contribution >= 0.6 is 0 Å². The maximum atomic E-state index is 9.57. The van der Waals surface area contributed by atoms with Crippen molar-refractivity contribution in [2.45, 2.75) is 33.1 Å². The summed E-state index contributed by atoms with van der Waals surface area (Å²) in [7, 11) is 0. The van der Waals surface area contributed by atoms with Crippen LogP contribution in [0.5, 0.6) is 0 Å². The summed E-state index contributed by atoms with van der Waals surface area (Å²) < 4.78 is 2.28. The summed E-state index contributed by atoms with van der Waals surface area (Å²) in [5.41, 5.74) is 8.82. The highest BCUT2D eigenvalue weighted by atomic mass is 15.0. The predicted molar refractivity (Wildman–Crippen MR) is 105 cm³/mol. The smallest absolute Gasteiger partial charge is 0.101 e. The lowest BCUT2D eigenvalue weighted by Gasteiger charge is -2.11. The van der Waals surface area contributed by atoms with Gasteiger partial charge in [0.25, 0.3) is 0 Å². The second-order valence-electron chi connectivity index (χ2n) is 6.85. The van der Waals surface area contributed by atoms with Crippen molar-refractivity contribution in [1.29, 1.82) is 5.26 Å². The number of nitrogens with zero attached hydrogens (tertiary/aromatic N) is 3. The van der Waals surface area contributed by atoms with Crippen molar-refractivity contribution >= 4 is 11.6 Å². The van der Waals surface area contributed by atoms with Crippen molar-refractivity contribution in [3.8, 4) is 11.8 Å². The van der Waals surface area contributed by atoms with Crippen molar-refractivity contribution in [2.24, 2.45) is 0 Å². The Morgan fingerprint density at radius 3 is 2.73 bits per heavy atom. The molecular weight excluding hydrogens is 318 g/mol. The Bertz CT molecular complexity index is 1030. The number of hydrogen-bond acceptors (Lipinski definition) is 2. The highest BCUT2D eigenvalue weighted by Gasteiger charge is 2.15. The molecule has 0 saturated heterocycles. The van der Waals surface area contributed by atoms with Gasteiger partial charge >= 0.3 is 0 Å². The summed E-state index contributed by atoms with van der Waals surface area (Å²) in [5, 5.41) is 9.57. The van der Waals surface area contributed by atoms with Crippen LogP contribution in [-0.4, -0.2) is 9.55 Å². The number of aromatic nitrogens is 2. The lowest BCUT2D eigenvalue weighted by molar-refractivity contribution is 0.910. The Morgan fingerprint density at radius 1 is 1.12 bits per heavy atom. The van der Waals surface area contributed by atoms with Gasteiger partial charge in [-0.05, 0) is 86.2 Å². The van der Waals surface area contributed by atoms with Crippen molar-refractivity contribution in [3.05, 3.63) is 82.4 Å². The SMILES string of the molecule is Cc1cc(C=C(C#N)c2ccccn2)c(C)n1-c1ccc2c(c1)CCC2. The molecule has 1 aliphatic rings. The largest absolute Gasteiger partial charge is 0.318 e. The van der Waals surface area contributed by atoms with Gasteiger partial charge in [-0.2, -0.15) is 5.26 Å². The van der Waals surface area contributed by atoms with Gasteiger partial charge in [0.15, 0.2) is 0 Å². The van der Waals surface area contributed by atoms with E-state index in [-0.39, 0.29) is 0 Å². The number of hydrogen-bond donors (Lipinski definition) is 0. The van der Waals surface area contributed by atoms with E-state index in [4.69, 9.17) is 0 Å². The maximum Gasteiger partial charge on any atom is 0.101 e. The molecule has 0 aliphatic heterocycles. The fourth-order valence-corrected chi connectivity index (χ4v) is 3.87. The molecule has 128 valence electrons. The quantitative estimate of drug-likeness (QED) is 0.627. The minimum absolute atomic E-state index is 0.583. The molecule has 26 heavy (non-hydrogen) atoms. The average Bonchev–Trinajstić information content (AvgIpc) is 3.24. The first-order valence-electron chi connectivity index (χ1n) is 9.01. The van der Waals surface area contributed by atoms with Crippen molar-refractivity contribution < 1.29 is 0 Å². The molecule has 3 aromatic rings. The van der Waals surface area contributed by atoms with Crippen LogP contribution in [0.2, 0.25) is 0 Å². The van der Waals surface area contributed by atoms with Gasteiger partial charge in [-0.15, -0.1) is 0 Å². The first-order valence-corrected chi connectivity index (χ1v) is 9.01. The normalized spacial score (nSPS) is 13.5. The molecule has 1 aromatic carbocycles. The Labute approximate surface area is 154 Å². The average molecular weight is 339 g/mol. The van der Waals surface area contributed by atoms with Gasteiger partial charge < -0.3 is 4.57 Å². The highest BCUT2D eigenvalue weighted by Crippen LogP contribution is 2.28. The molecule has 0 spiro atoms. The molecule has 1 aliphatic carbocycles. The second kappa shape index (κ2) is 6.65. The van der Waals surface area contributed by atoms with Crippen molar-refractivity contribution in [3.63, 3.8) is 0 Å². The monoisotopic (exact) mass is 339 g/mol. The van der Waals surface area contributed by atoms with E-state index in [0.29, 0.717) is 11.3 Å². The third-order valence-corrected chi connectivity index (χ3v) is 5.17. The van der Waals surface area contributed by atoms with E-state index in [1.807, 2.05) is 24.3 Å². The molecule has 2 aromatic heterocycles. The molecule has 3 nitrogen and oxygen atoms in total. The lowest BCUT2D eigenvalue weighted by atomic mass is 10.1. The van der Waals surface area contributed by atoms with Crippen LogP contribution in [0, 0.1) is 25.2 Å². The summed E-state index contributed by atoms with van der Waals surface area (Å²) >= 11 is 0. The Balaban J connectivity index is 1.78. The molecule has 0 bridgehead atoms. The van der Waals surface area contributed by atoms with Crippen LogP contribution in [0.25, 0.3) is 17.3 Å². The molecule has 2 heterocycles. The fraction of sp³-hybridized carbons (Fsp3) is 0.217. The minimum atomic E-state index is 0.583. The van der Waals surface area contributed by atoms with E-state index in [1.165, 1.54) is 41.8 Å². The van der Waals surface area contributed by atoms with E-state index in [2.05, 4.69) is 53.7 Å². The van der Waals surface area contributed by atoms with Gasteiger partial charge in [0.05, 0.1) is 11.3 Å². The van der Waals surface area contributed by atoms with Crippen molar-refractivity contribution in [1.82, 2.24) is 9.55 Å². The zero-order valence-electron chi connectivity index (χ0n) is 15.2. The van der Waals surface area contributed by atoms with E-state index in [0.717, 1.165) is 11.3 Å². The van der Waals surface area contributed by atoms with Crippen LogP contribution in [0.1, 0.15) is 40.2 Å². The van der Waals surface area contributed by atoms with Gasteiger partial charge in [-0.1, -0.05) is 12.1 Å². The Hall–Kier alpha value is -3.12. The minimum Gasteiger partial charge on any atom is -0.318 e. The Morgan fingerprint density at radius 2 is 1.96 bits per heavy atom. The zero-order valence-corrected chi connectivity index (χ0v) is 15.2. The van der Waals surface area contributed by atoms with Crippen LogP contribution in [0.15, 0.2) is 48.7 Å². The molecule has 0 radical (unpaired) electrons. The number of benzene rings is 1. The third-order valence-electron chi connectivity index (χ3n) is 5.17. The van der Waals surface area contributed by atoms with E-state index >= 15 is 0 Å². The van der Waals surface area contributed by atoms with Crippen LogP contribution in [-0.2, 0) is 12.8 Å². The standard InChI is InChI=1S/C23H21N3/c1-16-12-20(13-21(15-24)23-8-3-4-11-25-23)17(2)26(16)22-10-9-18-6-5-7-19(18)14-22/h3-4,8-14H,5-7H2,1-2H3. The maximum absolute atomic E-state index is 9.57. The van der Waals surface area contributed by atoms with Gasteiger partial charge in [-0.3, -0.25) is 4.98 Å². The summed E-state index contributed by atoms with van der Waals surface area (Å²) in [6.45, 7) is 4.23. The second-order valence-corrected chi connectivity index (χ2v) is 6.85. The molecule has 3 heteroatoms. The van der Waals surface area contributed by atoms with Gasteiger partial charge in [-0.25, -0.2) is 0 Å². The first kappa shape index (κ1) is 16.4. The van der Waals surface area contributed by atoms with Crippen molar-refractivity contribution in [2.75, 3.05) is 0 Å². The topological polar surface area (TPSA) is 41.6 Å². The van der Waals surface area contributed by atoms with Crippen LogP contribution in [0.4, 0.5) is 0 Å². The zero-order chi connectivity index (χ0) is 18.1. The summed E-state index contributed by atoms with van der Waals surface area (Å²) in [5.74, 6) is 0. The van der Waals surface area contributed by atoms with Crippen LogP contribution in [0.3, 0.4) is 0 Å². The van der Waals surface area contributed by atoms with E-state index in [9.17, 15) is 5.26 Å². The highest BCUT2D eigenvalue weighted by molar-refractivity contribution is 5.88. The summed E-state index contributed by atoms with van der Waals surface area (Å²) in [6, 6.07) is 16.9. The number of rotatable bonds is 3. The number of aryl methyl sites for hydroxylation is 3. The van der Waals surface area contributed by atoms with Crippen LogP contribution < -0.4 is 0 Å². The molecule has 0 saturated carbocycles. The molecule has 0 atom stereocenters. The summed E-state index contributed by atoms with van der Waals surface area (Å²) in [6.07, 6.45) is 7.28. The lowest BCUT2D eigenvalue weighted by Crippen LogP contribution is -2.00. The molecule has 0 unspecified atom stereocenters. The molecular formula is C23H21N3. The van der Waals surface area contributed by atoms with Gasteiger partial charge in [0, 0.05) is 23.3 Å². The van der Waals surface area contributed by atoms with E-state index < -0.39 is 0 Å². The fourth-order valence-electron chi connectivity index (χ4n) is 3.87. The molecule has 0 N–H and O–H groups in total. The number of fused-ring (bicyclic) bond motifs is 1. The Kier molecular flexibility index (Phi) is 4.18. The van der Waals surface area contributed by atoms with Gasteiger partial charge in [0.1, 0.15) is 6.07 Å². The number of nitriles is 1. The van der Waals surface area contributed by atoms with Gasteiger partial charge in [0.2, 0.25) is 0 Å². The molecule has 0 fully saturated rings. The molecule has 4 rings (SSSR count). The first-order chi connectivity index (χ1) is 12.7.